The standard InChI is InChI=1S/C6H13NO9S/c7-6(11)5(10)4(9)3(8)2(16-6)1-15-17(12,13)14/h2-5,8-11H,1,7H2,(H,12,13,14)/t2-,3-,4+,5-,6?/m1/s1/i/hD. The lowest BCUT2D eigenvalue weighted by Crippen LogP contribution is -2.69. The Bertz CT molecular complexity index is 391. The first kappa shape index (κ1) is 13.1. The molecule has 1 aliphatic heterocycles. The summed E-state index contributed by atoms with van der Waals surface area (Å²) in [4.78, 5) is 0. The molecule has 0 aromatic rings. The summed E-state index contributed by atoms with van der Waals surface area (Å²) < 4.78 is 44.2. The second-order valence-corrected chi connectivity index (χ2v) is 4.58. The molecule has 11 heteroatoms. The van der Waals surface area contributed by atoms with Gasteiger partial charge in [-0.3, -0.25) is 10.3 Å². The Kier molecular flexibility index (Phi) is 3.63. The zero-order chi connectivity index (χ0) is 14.1. The highest BCUT2D eigenvalue weighted by Gasteiger charge is 2.51. The SMILES string of the molecule is [2H]NC1(O)O[C@H](COS(=O)(=O)O)[C@@H](O)[C@H](O)[C@H]1O. The Morgan fingerprint density at radius 3 is 2.47 bits per heavy atom. The van der Waals surface area contributed by atoms with E-state index in [4.69, 9.17) is 5.96 Å². The van der Waals surface area contributed by atoms with Crippen LogP contribution in [0, 0.1) is 0 Å². The first-order valence-corrected chi connectivity index (χ1v) is 5.72. The van der Waals surface area contributed by atoms with E-state index in [0.29, 0.717) is 0 Å². The second-order valence-electron chi connectivity index (χ2n) is 3.49. The topological polar surface area (TPSA) is 180 Å². The molecular weight excluding hydrogens is 262 g/mol. The normalized spacial score (nSPS) is 44.4. The predicted octanol–water partition coefficient (Wildman–Crippen LogP) is -4.11. The van der Waals surface area contributed by atoms with E-state index in [-0.39, 0.29) is 0 Å². The van der Waals surface area contributed by atoms with Crippen LogP contribution in [0.15, 0.2) is 0 Å². The van der Waals surface area contributed by atoms with Crippen molar-refractivity contribution >= 4 is 10.4 Å². The van der Waals surface area contributed by atoms with Gasteiger partial charge in [0.25, 0.3) is 5.91 Å². The molecule has 1 saturated heterocycles. The molecule has 0 radical (unpaired) electrons. The summed E-state index contributed by atoms with van der Waals surface area (Å²) in [5.74, 6) is -2.72. The minimum absolute atomic E-state index is 0.937. The van der Waals surface area contributed by atoms with Gasteiger partial charge in [-0.1, -0.05) is 0 Å². The van der Waals surface area contributed by atoms with Gasteiger partial charge in [0.15, 0.2) is 6.10 Å². The summed E-state index contributed by atoms with van der Waals surface area (Å²) >= 11 is 0. The number of rotatable bonds is 4. The van der Waals surface area contributed by atoms with E-state index in [9.17, 15) is 28.8 Å². The summed E-state index contributed by atoms with van der Waals surface area (Å²) in [5.41, 5.74) is 1.40. The first-order chi connectivity index (χ1) is 8.10. The van der Waals surface area contributed by atoms with Crippen LogP contribution in [0.25, 0.3) is 0 Å². The Balaban J connectivity index is 2.80. The smallest absolute Gasteiger partial charge is 0.387 e. The van der Waals surface area contributed by atoms with Gasteiger partial charge in [-0.2, -0.15) is 8.42 Å². The average molecular weight is 276 g/mol. The molecule has 5 atom stereocenters. The fourth-order valence-corrected chi connectivity index (χ4v) is 1.60. The van der Waals surface area contributed by atoms with Crippen LogP contribution in [0.1, 0.15) is 0 Å². The molecule has 0 bridgehead atoms. The molecule has 1 heterocycles. The Morgan fingerprint density at radius 1 is 1.41 bits per heavy atom. The zero-order valence-electron chi connectivity index (χ0n) is 9.29. The summed E-state index contributed by atoms with van der Waals surface area (Å²) in [6.07, 6.45) is -7.37. The molecule has 1 rings (SSSR count). The third-order valence-electron chi connectivity index (χ3n) is 2.17. The van der Waals surface area contributed by atoms with Crippen LogP contribution in [0.4, 0.5) is 0 Å². The van der Waals surface area contributed by atoms with Crippen molar-refractivity contribution in [2.45, 2.75) is 30.3 Å². The van der Waals surface area contributed by atoms with E-state index in [1.165, 1.54) is 5.73 Å². The maximum Gasteiger partial charge on any atom is 0.397 e. The van der Waals surface area contributed by atoms with Crippen molar-refractivity contribution in [2.24, 2.45) is 5.73 Å². The molecule has 102 valence electrons. The van der Waals surface area contributed by atoms with Crippen LogP contribution in [0.2, 0.25) is 1.41 Å². The summed E-state index contributed by atoms with van der Waals surface area (Å²) in [7, 11) is -4.81. The first-order valence-electron chi connectivity index (χ1n) is 4.86. The molecule has 0 aliphatic carbocycles. The average Bonchev–Trinajstić information content (AvgIpc) is 2.28. The molecule has 17 heavy (non-hydrogen) atoms. The molecule has 7 N–H and O–H groups in total. The van der Waals surface area contributed by atoms with Gasteiger partial charge < -0.3 is 25.2 Å². The van der Waals surface area contributed by atoms with Crippen molar-refractivity contribution in [3.8, 4) is 0 Å². The molecular formula is C6H13NO9S. The van der Waals surface area contributed by atoms with Gasteiger partial charge in [-0.25, -0.2) is 4.18 Å². The van der Waals surface area contributed by atoms with Gasteiger partial charge >= 0.3 is 10.4 Å². The molecule has 0 aromatic carbocycles. The molecule has 0 aromatic heterocycles. The lowest BCUT2D eigenvalue weighted by atomic mass is 9.97. The van der Waals surface area contributed by atoms with Gasteiger partial charge in [0, 0.05) is 0 Å². The van der Waals surface area contributed by atoms with E-state index >= 15 is 0 Å². The predicted molar refractivity (Wildman–Crippen MR) is 49.5 cm³/mol. The molecule has 1 aliphatic rings. The van der Waals surface area contributed by atoms with E-state index in [0.717, 1.165) is 0 Å². The molecule has 1 unspecified atom stereocenters. The maximum absolute atomic E-state index is 10.3. The second kappa shape index (κ2) is 4.72. The lowest BCUT2D eigenvalue weighted by molar-refractivity contribution is -0.345. The number of hydrogen-bond donors (Lipinski definition) is 6. The van der Waals surface area contributed by atoms with Crippen molar-refractivity contribution < 1.29 is 43.7 Å². The van der Waals surface area contributed by atoms with Crippen LogP contribution in [-0.4, -0.2) is 70.3 Å². The number of nitrogens with two attached hydrogens (primary N) is 1. The minimum atomic E-state index is -4.81. The summed E-state index contributed by atoms with van der Waals surface area (Å²) in [5, 5.41) is 37.7. The van der Waals surface area contributed by atoms with Gasteiger partial charge in [-0.15, -0.1) is 0 Å². The molecule has 0 spiro atoms. The summed E-state index contributed by atoms with van der Waals surface area (Å²) in [6.45, 7) is -0.937. The molecule has 0 amide bonds. The third-order valence-corrected chi connectivity index (χ3v) is 2.60. The number of aliphatic hydroxyl groups excluding tert-OH is 3. The Hall–Kier alpha value is -0.370. The summed E-state index contributed by atoms with van der Waals surface area (Å²) in [6, 6.07) is 0. The van der Waals surface area contributed by atoms with Crippen molar-refractivity contribution in [1.82, 2.24) is 0 Å². The number of hydrogen-bond acceptors (Lipinski definition) is 9. The van der Waals surface area contributed by atoms with Gasteiger partial charge in [0.1, 0.15) is 19.7 Å². The number of ether oxygens (including phenoxy) is 1. The zero-order valence-corrected chi connectivity index (χ0v) is 9.11. The van der Waals surface area contributed by atoms with Gasteiger partial charge in [0.05, 0.1) is 6.61 Å². The van der Waals surface area contributed by atoms with Crippen LogP contribution in [-0.2, 0) is 19.3 Å². The highest BCUT2D eigenvalue weighted by molar-refractivity contribution is 7.80. The monoisotopic (exact) mass is 276 g/mol. The van der Waals surface area contributed by atoms with Crippen LogP contribution >= 0.6 is 0 Å². The van der Waals surface area contributed by atoms with E-state index in [2.05, 4.69) is 8.92 Å². The van der Waals surface area contributed by atoms with E-state index < -0.39 is 47.3 Å². The quantitative estimate of drug-likeness (QED) is 0.218. The molecule has 10 nitrogen and oxygen atoms in total. The largest absolute Gasteiger partial charge is 0.397 e. The van der Waals surface area contributed by atoms with Crippen molar-refractivity contribution in [1.29, 1.82) is 0 Å². The van der Waals surface area contributed by atoms with Crippen molar-refractivity contribution in [2.75, 3.05) is 6.61 Å². The lowest BCUT2D eigenvalue weighted by Gasteiger charge is -2.43. The minimum Gasteiger partial charge on any atom is -0.387 e. The Morgan fingerprint density at radius 2 is 2.00 bits per heavy atom. The Labute approximate surface area is 97.6 Å². The third kappa shape index (κ3) is 3.54. The van der Waals surface area contributed by atoms with E-state index in [1.54, 1.807) is 0 Å². The van der Waals surface area contributed by atoms with Crippen LogP contribution in [0.5, 0.6) is 0 Å². The fourth-order valence-electron chi connectivity index (χ4n) is 1.29. The van der Waals surface area contributed by atoms with Gasteiger partial charge in [0.2, 0.25) is 0 Å². The van der Waals surface area contributed by atoms with Crippen molar-refractivity contribution in [3.05, 3.63) is 0 Å². The highest BCUT2D eigenvalue weighted by atomic mass is 32.3. The van der Waals surface area contributed by atoms with E-state index in [1.807, 2.05) is 0 Å². The molecule has 1 fully saturated rings. The maximum atomic E-state index is 10.3. The highest BCUT2D eigenvalue weighted by Crippen LogP contribution is 2.24. The van der Waals surface area contributed by atoms with Gasteiger partial charge in [-0.05, 0) is 0 Å². The van der Waals surface area contributed by atoms with Crippen LogP contribution < -0.4 is 5.73 Å². The number of aliphatic hydroxyl groups is 4. The molecule has 0 saturated carbocycles. The van der Waals surface area contributed by atoms with Crippen LogP contribution in [0.3, 0.4) is 0 Å². The van der Waals surface area contributed by atoms with Crippen molar-refractivity contribution in [3.63, 3.8) is 0 Å². The fraction of sp³-hybridized carbons (Fsp3) is 1.00.